The van der Waals surface area contributed by atoms with Crippen LogP contribution in [0.4, 0.5) is 0 Å². The summed E-state index contributed by atoms with van der Waals surface area (Å²) in [6.07, 6.45) is 91.9. The van der Waals surface area contributed by atoms with Gasteiger partial charge >= 0.3 is 23.9 Å². The van der Waals surface area contributed by atoms with Crippen molar-refractivity contribution in [3.63, 3.8) is 0 Å². The minimum atomic E-state index is -0.831. The second kappa shape index (κ2) is 83.9. The molecule has 0 aromatic carbocycles. The SMILES string of the molecule is CC/C=C\C[C@@H](CC/C=C\C/C=C\C/C=C\CC#CCCC(=O)O)OO.CC/C=C\C[C@@H]1O[C@@H]1C/C=C\C/C=C\C/C=C\CC#CCCC(=O)O.CC/C=C\C[C@H](O)/C=C/C=C\CC[C@@H](O)C/C=C\CC#CCCC(=O)O.CCCCC/C=C\CCCC/C=C\CCCCC#CCCCC(=O)O. The van der Waals surface area contributed by atoms with Gasteiger partial charge in [-0.15, -0.1) is 29.6 Å². The largest absolute Gasteiger partial charge is 0.481 e. The first-order valence-corrected chi connectivity index (χ1v) is 37.9. The number of carbonyl (C=O) groups is 4. The lowest BCUT2D eigenvalue weighted by Gasteiger charge is -2.08. The van der Waals surface area contributed by atoms with E-state index in [0.717, 1.165) is 103 Å². The molecule has 0 unspecified atom stereocenters. The van der Waals surface area contributed by atoms with Gasteiger partial charge < -0.3 is 35.4 Å². The Morgan fingerprint density at radius 1 is 0.373 bits per heavy atom. The van der Waals surface area contributed by atoms with Crippen LogP contribution in [0.15, 0.2) is 170 Å². The molecule has 0 amide bonds. The molecule has 0 spiro atoms. The molecule has 1 rings (SSSR count). The van der Waals surface area contributed by atoms with Crippen LogP contribution >= 0.6 is 0 Å². The highest BCUT2D eigenvalue weighted by molar-refractivity contribution is 5.68. The van der Waals surface area contributed by atoms with Gasteiger partial charge in [0.05, 0.1) is 49.8 Å². The zero-order valence-electron chi connectivity index (χ0n) is 62.9. The summed E-state index contributed by atoms with van der Waals surface area (Å²) in [7, 11) is 0. The summed E-state index contributed by atoms with van der Waals surface area (Å²) in [6.45, 7) is 8.54. The molecular weight excluding hydrogens is 1280 g/mol. The molecule has 0 aromatic rings. The summed E-state index contributed by atoms with van der Waals surface area (Å²) in [5.74, 6) is 20.3. The van der Waals surface area contributed by atoms with Crippen LogP contribution in [0.1, 0.15) is 285 Å². The lowest BCUT2D eigenvalue weighted by Crippen LogP contribution is -2.08. The standard InChI is InChI=1S/C23H38O2.2C22H32O4.C22H30O3/c1-2-3-4-5-6-7-8-9-10-11-12-13-14-15-16-17-18-19-20-21-22-23(24)25;1-2-3-10-15-20(23)17-12-8-9-13-18-21(24)16-11-6-4-5-7-14-19-22(25)26;1-2-3-15-18-21(26-25)19-16-13-11-9-7-5-4-6-8-10-12-14-17-20-22(23)24;1-2-3-14-17-20-21(25-20)18-15-12-10-8-6-4-5-7-9-11-13-16-19-22(23)24/h6-7,12-13H,2-5,8-11,14-17,20-22H2,1H3,(H,24,25);3,6,8-12,17,20-21,23-24H,2,4,13-16,18-19H2,1H3,(H,25,26);3,5-8,11,13,15,21,25H,2,4,9-10,16-20H2,1H3,(H,23,24);3,5-8,12,14-15,20-21H,2,4,9-10,16-19H2,1H3,(H,23,24)/b7-6-,13-12-;9-8-,10-3-,11-6-,17-12+;7-5-,8-6-,13-11-,15-3-;7-5-,8-6-,14-3-,15-12-/t;20-,21-;21-;20-,21+/m.000/s1. The van der Waals surface area contributed by atoms with Gasteiger partial charge in [-0.1, -0.05) is 228 Å². The van der Waals surface area contributed by atoms with Gasteiger partial charge in [-0.2, -0.15) is 0 Å². The van der Waals surface area contributed by atoms with Crippen molar-refractivity contribution in [1.82, 2.24) is 0 Å². The van der Waals surface area contributed by atoms with E-state index in [1.54, 1.807) is 6.08 Å². The Kier molecular flexibility index (Phi) is 81.0. The summed E-state index contributed by atoms with van der Waals surface area (Å²) in [5, 5.41) is 62.3. The molecule has 13 heteroatoms. The molecule has 5 atom stereocenters. The molecule has 0 saturated carbocycles. The highest BCUT2D eigenvalue weighted by atomic mass is 17.1. The maximum absolute atomic E-state index is 10.3. The molecule has 0 aromatic heterocycles. The Bertz CT molecular complexity index is 2750. The number of hydrogen-bond acceptors (Lipinski definition) is 9. The molecular formula is C89H132O13. The van der Waals surface area contributed by atoms with Crippen molar-refractivity contribution < 1.29 is 64.7 Å². The third-order valence-corrected chi connectivity index (χ3v) is 14.6. The zero-order valence-corrected chi connectivity index (χ0v) is 62.9. The first-order chi connectivity index (χ1) is 49.8. The molecule has 1 fully saturated rings. The normalized spacial score (nSPS) is 14.5. The number of epoxide rings is 1. The summed E-state index contributed by atoms with van der Waals surface area (Å²) >= 11 is 0. The predicted molar refractivity (Wildman–Crippen MR) is 425 cm³/mol. The van der Waals surface area contributed by atoms with E-state index in [0.29, 0.717) is 82.8 Å². The highest BCUT2D eigenvalue weighted by Crippen LogP contribution is 2.29. The molecule has 1 aliphatic rings. The van der Waals surface area contributed by atoms with Crippen LogP contribution in [-0.4, -0.2) is 90.3 Å². The number of aliphatic hydroxyl groups excluding tert-OH is 2. The lowest BCUT2D eigenvalue weighted by atomic mass is 10.1. The van der Waals surface area contributed by atoms with E-state index in [4.69, 9.17) is 30.4 Å². The van der Waals surface area contributed by atoms with Crippen molar-refractivity contribution in [3.8, 4) is 47.4 Å². The predicted octanol–water partition coefficient (Wildman–Crippen LogP) is 22.1. The van der Waals surface area contributed by atoms with E-state index >= 15 is 0 Å². The van der Waals surface area contributed by atoms with Gasteiger partial charge in [-0.3, -0.25) is 24.4 Å². The molecule has 1 aliphatic heterocycles. The summed E-state index contributed by atoms with van der Waals surface area (Å²) < 4.78 is 5.61. The van der Waals surface area contributed by atoms with Crippen molar-refractivity contribution in [1.29, 1.82) is 0 Å². The van der Waals surface area contributed by atoms with Gasteiger partial charge in [0.1, 0.15) is 0 Å². The van der Waals surface area contributed by atoms with Gasteiger partial charge in [-0.25, -0.2) is 4.89 Å². The van der Waals surface area contributed by atoms with Crippen LogP contribution in [0.2, 0.25) is 0 Å². The summed E-state index contributed by atoms with van der Waals surface area (Å²) in [5.41, 5.74) is 0. The Morgan fingerprint density at radius 3 is 1.24 bits per heavy atom. The lowest BCUT2D eigenvalue weighted by molar-refractivity contribution is -0.278. The molecule has 0 radical (unpaired) electrons. The molecule has 566 valence electrons. The van der Waals surface area contributed by atoms with Crippen molar-refractivity contribution >= 4 is 23.9 Å². The average Bonchev–Trinajstić information content (AvgIpc) is 1.71. The number of carboxylic acid groups (broad SMARTS) is 4. The molecule has 1 saturated heterocycles. The summed E-state index contributed by atoms with van der Waals surface area (Å²) in [6, 6.07) is 0. The number of aliphatic hydroxyl groups is 2. The smallest absolute Gasteiger partial charge is 0.304 e. The van der Waals surface area contributed by atoms with Crippen LogP contribution in [0, 0.1) is 47.4 Å². The van der Waals surface area contributed by atoms with Crippen LogP contribution in [0.5, 0.6) is 0 Å². The molecule has 102 heavy (non-hydrogen) atoms. The quantitative estimate of drug-likeness (QED) is 0.00572. The van der Waals surface area contributed by atoms with Gasteiger partial charge in [0.2, 0.25) is 0 Å². The number of allylic oxidation sites excluding steroid dienone is 22. The minimum Gasteiger partial charge on any atom is -0.481 e. The number of aliphatic carboxylic acids is 4. The topological polar surface area (TPSA) is 232 Å². The van der Waals surface area contributed by atoms with Crippen LogP contribution in [0.3, 0.4) is 0 Å². The first-order valence-electron chi connectivity index (χ1n) is 37.9. The monoisotopic (exact) mass is 1410 g/mol. The molecule has 0 bridgehead atoms. The molecule has 7 N–H and O–H groups in total. The average molecular weight is 1410 g/mol. The van der Waals surface area contributed by atoms with Crippen molar-refractivity contribution in [2.75, 3.05) is 0 Å². The molecule has 0 aliphatic carbocycles. The van der Waals surface area contributed by atoms with Gasteiger partial charge in [0.15, 0.2) is 0 Å². The van der Waals surface area contributed by atoms with Crippen molar-refractivity contribution in [3.05, 3.63) is 170 Å². The van der Waals surface area contributed by atoms with E-state index in [1.165, 1.54) is 57.8 Å². The third kappa shape index (κ3) is 90.3. The first kappa shape index (κ1) is 98.5. The van der Waals surface area contributed by atoms with Gasteiger partial charge in [0.25, 0.3) is 0 Å². The Hall–Kier alpha value is -7.72. The van der Waals surface area contributed by atoms with Gasteiger partial charge in [0, 0.05) is 57.8 Å². The van der Waals surface area contributed by atoms with E-state index in [9.17, 15) is 29.4 Å². The maximum Gasteiger partial charge on any atom is 0.304 e. The second-order valence-corrected chi connectivity index (χ2v) is 24.1. The van der Waals surface area contributed by atoms with E-state index < -0.39 is 30.0 Å². The van der Waals surface area contributed by atoms with E-state index in [-0.39, 0.29) is 37.9 Å². The number of ether oxygens (including phenoxy) is 1. The van der Waals surface area contributed by atoms with Crippen LogP contribution in [-0.2, 0) is 28.8 Å². The molecule has 1 heterocycles. The minimum absolute atomic E-state index is 0.0764. The molecule has 13 nitrogen and oxygen atoms in total. The van der Waals surface area contributed by atoms with Crippen molar-refractivity contribution in [2.24, 2.45) is 0 Å². The maximum atomic E-state index is 10.3. The zero-order chi connectivity index (χ0) is 75.4. The Balaban J connectivity index is -0.00000128. The van der Waals surface area contributed by atoms with E-state index in [1.807, 2.05) is 60.8 Å². The fourth-order valence-corrected chi connectivity index (χ4v) is 8.75. The summed E-state index contributed by atoms with van der Waals surface area (Å²) in [4.78, 5) is 45.7. The van der Waals surface area contributed by atoms with Gasteiger partial charge in [-0.05, 0) is 167 Å². The second-order valence-electron chi connectivity index (χ2n) is 24.1. The highest BCUT2D eigenvalue weighted by Gasteiger charge is 2.36. The number of carboxylic acids is 4. The van der Waals surface area contributed by atoms with Crippen LogP contribution in [0.25, 0.3) is 0 Å². The Labute approximate surface area is 618 Å². The van der Waals surface area contributed by atoms with E-state index in [2.05, 4.69) is 183 Å². The number of hydrogen-bond donors (Lipinski definition) is 7. The van der Waals surface area contributed by atoms with Crippen molar-refractivity contribution in [2.45, 2.75) is 315 Å². The Morgan fingerprint density at radius 2 is 0.755 bits per heavy atom. The fourth-order valence-electron chi connectivity index (χ4n) is 8.75. The fraction of sp³-hybridized carbons (Fsp3) is 0.551. The third-order valence-electron chi connectivity index (χ3n) is 14.6. The number of rotatable bonds is 55. The number of unbranched alkanes of at least 4 members (excludes halogenated alkanes) is 10. The van der Waals surface area contributed by atoms with Crippen LogP contribution < -0.4 is 0 Å².